The van der Waals surface area contributed by atoms with E-state index in [9.17, 15) is 18.0 Å². The van der Waals surface area contributed by atoms with Crippen molar-refractivity contribution >= 4 is 11.6 Å². The molecule has 3 rings (SSSR count). The third-order valence-corrected chi connectivity index (χ3v) is 3.91. The van der Waals surface area contributed by atoms with Gasteiger partial charge in [0, 0.05) is 5.69 Å². The predicted molar refractivity (Wildman–Crippen MR) is 94.8 cm³/mol. The maximum atomic E-state index is 12.9. The van der Waals surface area contributed by atoms with Gasteiger partial charge in [-0.05, 0) is 35.9 Å². The number of amides is 1. The van der Waals surface area contributed by atoms with Crippen LogP contribution in [-0.4, -0.2) is 5.91 Å². The standard InChI is InChI=1S/C20H17F3N2O2/c21-20(22,23)15-8-4-9-16(12-15)25-19(26)18(14-6-2-1-3-7-14)24-13-17-10-5-11-27-17/h1-12,18,24H,13H2,(H,25,26). The average molecular weight is 374 g/mol. The number of benzene rings is 2. The zero-order valence-corrected chi connectivity index (χ0v) is 14.2. The molecule has 0 saturated carbocycles. The minimum absolute atomic E-state index is 0.0792. The number of nitrogens with one attached hydrogen (secondary N) is 2. The maximum absolute atomic E-state index is 12.9. The Morgan fingerprint density at radius 3 is 2.44 bits per heavy atom. The molecular formula is C20H17F3N2O2. The Balaban J connectivity index is 1.78. The summed E-state index contributed by atoms with van der Waals surface area (Å²) in [4.78, 5) is 12.7. The first kappa shape index (κ1) is 18.7. The number of anilines is 1. The Kier molecular flexibility index (Phi) is 5.61. The van der Waals surface area contributed by atoms with Crippen molar-refractivity contribution in [2.75, 3.05) is 5.32 Å². The molecule has 0 aliphatic carbocycles. The largest absolute Gasteiger partial charge is 0.468 e. The summed E-state index contributed by atoms with van der Waals surface area (Å²) >= 11 is 0. The van der Waals surface area contributed by atoms with Crippen molar-refractivity contribution in [2.45, 2.75) is 18.8 Å². The fourth-order valence-corrected chi connectivity index (χ4v) is 2.61. The topological polar surface area (TPSA) is 54.3 Å². The molecule has 0 spiro atoms. The number of carbonyl (C=O) groups excluding carboxylic acids is 1. The smallest absolute Gasteiger partial charge is 0.416 e. The number of carbonyl (C=O) groups is 1. The van der Waals surface area contributed by atoms with Crippen LogP contribution >= 0.6 is 0 Å². The SMILES string of the molecule is O=C(Nc1cccc(C(F)(F)F)c1)C(NCc1ccco1)c1ccccc1. The van der Waals surface area contributed by atoms with Crippen LogP contribution in [0.15, 0.2) is 77.4 Å². The molecule has 4 nitrogen and oxygen atoms in total. The van der Waals surface area contributed by atoms with E-state index >= 15 is 0 Å². The highest BCUT2D eigenvalue weighted by Crippen LogP contribution is 2.31. The summed E-state index contributed by atoms with van der Waals surface area (Å²) < 4.78 is 43.9. The molecule has 1 aromatic heterocycles. The lowest BCUT2D eigenvalue weighted by atomic mass is 10.1. The monoisotopic (exact) mass is 374 g/mol. The van der Waals surface area contributed by atoms with E-state index in [0.717, 1.165) is 12.1 Å². The molecule has 140 valence electrons. The first-order valence-electron chi connectivity index (χ1n) is 8.22. The number of hydrogen-bond acceptors (Lipinski definition) is 3. The molecular weight excluding hydrogens is 357 g/mol. The summed E-state index contributed by atoms with van der Waals surface area (Å²) in [7, 11) is 0. The number of alkyl halides is 3. The molecule has 3 aromatic rings. The Bertz CT molecular complexity index is 878. The molecule has 1 amide bonds. The van der Waals surface area contributed by atoms with Crippen molar-refractivity contribution in [3.8, 4) is 0 Å². The van der Waals surface area contributed by atoms with E-state index in [1.54, 1.807) is 36.4 Å². The van der Waals surface area contributed by atoms with Crippen molar-refractivity contribution in [3.63, 3.8) is 0 Å². The number of furan rings is 1. The maximum Gasteiger partial charge on any atom is 0.416 e. The van der Waals surface area contributed by atoms with E-state index in [4.69, 9.17) is 4.42 Å². The minimum Gasteiger partial charge on any atom is -0.468 e. The molecule has 0 fully saturated rings. The zero-order chi connectivity index (χ0) is 19.3. The lowest BCUT2D eigenvalue weighted by molar-refractivity contribution is -0.137. The fourth-order valence-electron chi connectivity index (χ4n) is 2.61. The van der Waals surface area contributed by atoms with Crippen molar-refractivity contribution in [2.24, 2.45) is 0 Å². The minimum atomic E-state index is -4.48. The van der Waals surface area contributed by atoms with Crippen LogP contribution in [0, 0.1) is 0 Å². The van der Waals surface area contributed by atoms with E-state index in [1.807, 2.05) is 6.07 Å². The number of hydrogen-bond donors (Lipinski definition) is 2. The second kappa shape index (κ2) is 8.09. The summed E-state index contributed by atoms with van der Waals surface area (Å²) in [6.07, 6.45) is -2.95. The van der Waals surface area contributed by atoms with E-state index in [0.29, 0.717) is 17.9 Å². The molecule has 2 N–H and O–H groups in total. The van der Waals surface area contributed by atoms with Crippen LogP contribution in [0.25, 0.3) is 0 Å². The molecule has 1 heterocycles. The van der Waals surface area contributed by atoms with Crippen LogP contribution < -0.4 is 10.6 Å². The Morgan fingerprint density at radius 2 is 1.78 bits per heavy atom. The lowest BCUT2D eigenvalue weighted by Gasteiger charge is -2.19. The Hall–Kier alpha value is -3.06. The second-order valence-electron chi connectivity index (χ2n) is 5.87. The third kappa shape index (κ3) is 4.98. The Morgan fingerprint density at radius 1 is 1.00 bits per heavy atom. The lowest BCUT2D eigenvalue weighted by Crippen LogP contribution is -2.32. The summed E-state index contributed by atoms with van der Waals surface area (Å²) in [6, 6.07) is 16.2. The Labute approximate surface area is 154 Å². The highest BCUT2D eigenvalue weighted by molar-refractivity contribution is 5.95. The molecule has 27 heavy (non-hydrogen) atoms. The van der Waals surface area contributed by atoms with Crippen LogP contribution in [-0.2, 0) is 17.5 Å². The van der Waals surface area contributed by atoms with Crippen LogP contribution in [0.2, 0.25) is 0 Å². The molecule has 0 aliphatic heterocycles. The van der Waals surface area contributed by atoms with Crippen LogP contribution in [0.5, 0.6) is 0 Å². The van der Waals surface area contributed by atoms with E-state index in [-0.39, 0.29) is 5.69 Å². The van der Waals surface area contributed by atoms with Crippen molar-refractivity contribution in [1.82, 2.24) is 5.32 Å². The van der Waals surface area contributed by atoms with Gasteiger partial charge >= 0.3 is 6.18 Å². The van der Waals surface area contributed by atoms with Gasteiger partial charge in [0.1, 0.15) is 11.8 Å². The van der Waals surface area contributed by atoms with E-state index in [1.165, 1.54) is 18.4 Å². The van der Waals surface area contributed by atoms with Crippen molar-refractivity contribution in [3.05, 3.63) is 89.9 Å². The molecule has 0 radical (unpaired) electrons. The summed E-state index contributed by atoms with van der Waals surface area (Å²) in [5.41, 5.74) is -0.0517. The third-order valence-electron chi connectivity index (χ3n) is 3.91. The van der Waals surface area contributed by atoms with Gasteiger partial charge in [0.05, 0.1) is 18.4 Å². The molecule has 1 unspecified atom stereocenters. The molecule has 0 aliphatic rings. The number of rotatable bonds is 6. The average Bonchev–Trinajstić information content (AvgIpc) is 3.16. The second-order valence-corrected chi connectivity index (χ2v) is 5.87. The van der Waals surface area contributed by atoms with Crippen molar-refractivity contribution < 1.29 is 22.4 Å². The van der Waals surface area contributed by atoms with Gasteiger partial charge in [0.25, 0.3) is 0 Å². The van der Waals surface area contributed by atoms with E-state index < -0.39 is 23.7 Å². The fraction of sp³-hybridized carbons (Fsp3) is 0.150. The summed E-state index contributed by atoms with van der Waals surface area (Å²) in [5.74, 6) is 0.176. The zero-order valence-electron chi connectivity index (χ0n) is 14.2. The molecule has 2 aromatic carbocycles. The van der Waals surface area contributed by atoms with Gasteiger partial charge in [0.2, 0.25) is 5.91 Å². The van der Waals surface area contributed by atoms with Gasteiger partial charge in [-0.15, -0.1) is 0 Å². The highest BCUT2D eigenvalue weighted by atomic mass is 19.4. The molecule has 0 saturated heterocycles. The number of halogens is 3. The van der Waals surface area contributed by atoms with Crippen LogP contribution in [0.1, 0.15) is 22.9 Å². The first-order valence-corrected chi connectivity index (χ1v) is 8.22. The molecule has 1 atom stereocenters. The highest BCUT2D eigenvalue weighted by Gasteiger charge is 2.30. The van der Waals surface area contributed by atoms with Crippen molar-refractivity contribution in [1.29, 1.82) is 0 Å². The normalized spacial score (nSPS) is 12.6. The van der Waals surface area contributed by atoms with Gasteiger partial charge < -0.3 is 9.73 Å². The van der Waals surface area contributed by atoms with E-state index in [2.05, 4.69) is 10.6 Å². The van der Waals surface area contributed by atoms with Gasteiger partial charge in [-0.1, -0.05) is 36.4 Å². The summed E-state index contributed by atoms with van der Waals surface area (Å²) in [6.45, 7) is 0.294. The molecule has 7 heteroatoms. The molecule has 0 bridgehead atoms. The van der Waals surface area contributed by atoms with Crippen LogP contribution in [0.4, 0.5) is 18.9 Å². The first-order chi connectivity index (χ1) is 12.9. The van der Waals surface area contributed by atoms with Gasteiger partial charge in [0.15, 0.2) is 0 Å². The van der Waals surface area contributed by atoms with Gasteiger partial charge in [-0.25, -0.2) is 0 Å². The quantitative estimate of drug-likeness (QED) is 0.654. The predicted octanol–water partition coefficient (Wildman–Crippen LogP) is 4.77. The van der Waals surface area contributed by atoms with Gasteiger partial charge in [-0.2, -0.15) is 13.2 Å². The van der Waals surface area contributed by atoms with Crippen LogP contribution in [0.3, 0.4) is 0 Å². The summed E-state index contributed by atoms with van der Waals surface area (Å²) in [5, 5.41) is 5.63. The van der Waals surface area contributed by atoms with Gasteiger partial charge in [-0.3, -0.25) is 10.1 Å².